The van der Waals surface area contributed by atoms with Gasteiger partial charge in [0.15, 0.2) is 0 Å². The minimum atomic E-state index is -0.895. The zero-order chi connectivity index (χ0) is 18.6. The molecule has 134 valence electrons. The Balaban J connectivity index is 1.82. The topological polar surface area (TPSA) is 63.7 Å². The Kier molecular flexibility index (Phi) is 4.01. The maximum Gasteiger partial charge on any atom is 0.338 e. The lowest BCUT2D eigenvalue weighted by Crippen LogP contribution is -2.47. The van der Waals surface area contributed by atoms with Crippen LogP contribution in [0, 0.1) is 16.7 Å². The van der Waals surface area contributed by atoms with E-state index < -0.39 is 22.9 Å². The number of anilines is 1. The highest BCUT2D eigenvalue weighted by Gasteiger charge is 2.71. The molecule has 2 bridgehead atoms. The van der Waals surface area contributed by atoms with E-state index in [1.54, 1.807) is 19.1 Å². The summed E-state index contributed by atoms with van der Waals surface area (Å²) in [5, 5.41) is 0. The van der Waals surface area contributed by atoms with E-state index in [2.05, 4.69) is 0 Å². The summed E-state index contributed by atoms with van der Waals surface area (Å²) in [4.78, 5) is 39.4. The number of nitrogens with zero attached hydrogens (tertiary/aromatic N) is 1. The Morgan fingerprint density at radius 1 is 1.20 bits per heavy atom. The number of ether oxygens (including phenoxy) is 1. The van der Waals surface area contributed by atoms with Crippen LogP contribution in [0.25, 0.3) is 0 Å². The second kappa shape index (κ2) is 5.68. The third-order valence-corrected chi connectivity index (χ3v) is 6.39. The molecule has 0 aliphatic heterocycles. The average Bonchev–Trinajstić information content (AvgIpc) is 2.91. The molecule has 0 spiro atoms. The van der Waals surface area contributed by atoms with Crippen molar-refractivity contribution >= 4 is 23.2 Å². The Hall–Kier alpha value is -2.17. The van der Waals surface area contributed by atoms with Gasteiger partial charge in [-0.25, -0.2) is 4.79 Å². The van der Waals surface area contributed by atoms with Crippen molar-refractivity contribution in [1.82, 2.24) is 0 Å². The number of carbonyl (C=O) groups is 3. The Labute approximate surface area is 148 Å². The molecule has 2 saturated carbocycles. The number of Topliss-reactive ketones (excluding diaryl/α,β-unsaturated/α-hetero) is 2. The highest BCUT2D eigenvalue weighted by molar-refractivity contribution is 6.43. The van der Waals surface area contributed by atoms with Crippen LogP contribution in [0.2, 0.25) is 0 Å². The lowest BCUT2D eigenvalue weighted by molar-refractivity contribution is -0.146. The average molecular weight is 343 g/mol. The van der Waals surface area contributed by atoms with Crippen LogP contribution in [0.5, 0.6) is 0 Å². The maximum absolute atomic E-state index is 12.6. The van der Waals surface area contributed by atoms with Crippen molar-refractivity contribution in [2.24, 2.45) is 16.7 Å². The van der Waals surface area contributed by atoms with Crippen molar-refractivity contribution in [2.45, 2.75) is 39.7 Å². The molecule has 5 heteroatoms. The quantitative estimate of drug-likeness (QED) is 0.621. The normalized spacial score (nSPS) is 28.1. The van der Waals surface area contributed by atoms with Crippen molar-refractivity contribution in [3.05, 3.63) is 29.8 Å². The molecule has 1 aromatic rings. The first-order valence-corrected chi connectivity index (χ1v) is 8.70. The zero-order valence-corrected chi connectivity index (χ0v) is 15.5. The molecule has 0 N–H and O–H groups in total. The van der Waals surface area contributed by atoms with E-state index in [4.69, 9.17) is 4.74 Å². The van der Waals surface area contributed by atoms with Crippen molar-refractivity contribution in [1.29, 1.82) is 0 Å². The van der Waals surface area contributed by atoms with E-state index in [9.17, 15) is 14.4 Å². The molecular formula is C20H25NO4. The second-order valence-corrected chi connectivity index (χ2v) is 7.97. The molecule has 5 nitrogen and oxygen atoms in total. The van der Waals surface area contributed by atoms with Crippen molar-refractivity contribution in [3.63, 3.8) is 0 Å². The molecule has 2 aliphatic carbocycles. The summed E-state index contributed by atoms with van der Waals surface area (Å²) >= 11 is 0. The number of rotatable bonds is 4. The number of fused-ring (bicyclic) bond motifs is 2. The van der Waals surface area contributed by atoms with Crippen molar-refractivity contribution in [2.75, 3.05) is 19.0 Å². The third kappa shape index (κ3) is 2.32. The molecule has 3 unspecified atom stereocenters. The van der Waals surface area contributed by atoms with Gasteiger partial charge in [-0.15, -0.1) is 0 Å². The highest BCUT2D eigenvalue weighted by Crippen LogP contribution is 2.64. The van der Waals surface area contributed by atoms with Crippen molar-refractivity contribution in [3.8, 4) is 0 Å². The number of carbonyl (C=O) groups excluding carboxylic acids is 3. The molecule has 0 saturated heterocycles. The van der Waals surface area contributed by atoms with Gasteiger partial charge in [-0.2, -0.15) is 0 Å². The monoisotopic (exact) mass is 343 g/mol. The predicted molar refractivity (Wildman–Crippen MR) is 94.6 cm³/mol. The first kappa shape index (κ1) is 17.6. The van der Waals surface area contributed by atoms with E-state index in [0.717, 1.165) is 5.69 Å². The fraction of sp³-hybridized carbons (Fsp3) is 0.550. The van der Waals surface area contributed by atoms with Gasteiger partial charge in [-0.3, -0.25) is 9.59 Å². The summed E-state index contributed by atoms with van der Waals surface area (Å²) in [6.45, 7) is 5.64. The molecule has 2 aliphatic rings. The van der Waals surface area contributed by atoms with Gasteiger partial charge in [-0.1, -0.05) is 13.8 Å². The summed E-state index contributed by atoms with van der Waals surface area (Å²) in [5.74, 6) is -1.37. The minimum Gasteiger partial charge on any atom is -0.458 e. The predicted octanol–water partition coefficient (Wildman–Crippen LogP) is 2.87. The molecule has 0 aromatic heterocycles. The SMILES string of the molecule is CC(OC(=O)c1ccc(N(C)C)cc1)C12CCC(C(=O)C1=O)C2(C)C. The Bertz CT molecular complexity index is 735. The van der Waals surface area contributed by atoms with E-state index >= 15 is 0 Å². The number of ketones is 2. The van der Waals surface area contributed by atoms with Crippen LogP contribution < -0.4 is 4.90 Å². The van der Waals surface area contributed by atoms with Crippen molar-refractivity contribution < 1.29 is 19.1 Å². The number of esters is 1. The van der Waals surface area contributed by atoms with Crippen LogP contribution in [-0.2, 0) is 14.3 Å². The van der Waals surface area contributed by atoms with E-state index in [1.165, 1.54) is 0 Å². The summed E-state index contributed by atoms with van der Waals surface area (Å²) in [6, 6.07) is 7.12. The van der Waals surface area contributed by atoms with Gasteiger partial charge >= 0.3 is 5.97 Å². The van der Waals surface area contributed by atoms with Gasteiger partial charge in [-0.05, 0) is 49.4 Å². The molecular weight excluding hydrogens is 318 g/mol. The van der Waals surface area contributed by atoms with Gasteiger partial charge in [0.1, 0.15) is 6.10 Å². The number of hydrogen-bond donors (Lipinski definition) is 0. The van der Waals surface area contributed by atoms with Gasteiger partial charge < -0.3 is 9.64 Å². The van der Waals surface area contributed by atoms with Gasteiger partial charge in [0.05, 0.1) is 11.0 Å². The molecule has 0 heterocycles. The zero-order valence-electron chi connectivity index (χ0n) is 15.5. The first-order valence-electron chi connectivity index (χ1n) is 8.70. The number of hydrogen-bond acceptors (Lipinski definition) is 5. The van der Waals surface area contributed by atoms with E-state index in [1.807, 2.05) is 45.0 Å². The first-order chi connectivity index (χ1) is 11.6. The Morgan fingerprint density at radius 3 is 2.28 bits per heavy atom. The fourth-order valence-corrected chi connectivity index (χ4v) is 4.75. The van der Waals surface area contributed by atoms with Gasteiger partial charge in [0.25, 0.3) is 0 Å². The van der Waals surface area contributed by atoms with E-state index in [-0.39, 0.29) is 17.5 Å². The molecule has 3 rings (SSSR count). The van der Waals surface area contributed by atoms with Crippen LogP contribution in [0.3, 0.4) is 0 Å². The molecule has 0 amide bonds. The minimum absolute atomic E-state index is 0.250. The summed E-state index contributed by atoms with van der Waals surface area (Å²) in [5.41, 5.74) is 0.0568. The smallest absolute Gasteiger partial charge is 0.338 e. The molecule has 25 heavy (non-hydrogen) atoms. The van der Waals surface area contributed by atoms with Crippen LogP contribution in [0.4, 0.5) is 5.69 Å². The van der Waals surface area contributed by atoms with Gasteiger partial charge in [0.2, 0.25) is 11.6 Å². The fourth-order valence-electron chi connectivity index (χ4n) is 4.75. The Morgan fingerprint density at radius 2 is 1.80 bits per heavy atom. The molecule has 3 atom stereocenters. The van der Waals surface area contributed by atoms with E-state index in [0.29, 0.717) is 18.4 Å². The molecule has 0 radical (unpaired) electrons. The van der Waals surface area contributed by atoms with Crippen LogP contribution in [0.15, 0.2) is 24.3 Å². The van der Waals surface area contributed by atoms with Gasteiger partial charge in [0, 0.05) is 25.7 Å². The lowest BCUT2D eigenvalue weighted by atomic mass is 9.65. The summed E-state index contributed by atoms with van der Waals surface area (Å²) in [7, 11) is 3.85. The standard InChI is InChI=1S/C20H25NO4/c1-12(20-11-10-15(19(20,2)3)16(22)17(20)23)25-18(24)13-6-8-14(9-7-13)21(4)5/h6-9,12,15H,10-11H2,1-5H3. The second-order valence-electron chi connectivity index (χ2n) is 7.97. The molecule has 2 fully saturated rings. The summed E-state index contributed by atoms with van der Waals surface area (Å²) < 4.78 is 5.67. The highest BCUT2D eigenvalue weighted by atomic mass is 16.5. The number of benzene rings is 1. The van der Waals surface area contributed by atoms with Crippen LogP contribution in [-0.4, -0.2) is 37.7 Å². The third-order valence-electron chi connectivity index (χ3n) is 6.39. The molecule has 1 aromatic carbocycles. The van der Waals surface area contributed by atoms with Crippen LogP contribution >= 0.6 is 0 Å². The van der Waals surface area contributed by atoms with Crippen LogP contribution in [0.1, 0.15) is 44.0 Å². The maximum atomic E-state index is 12.6. The lowest BCUT2D eigenvalue weighted by Gasteiger charge is -2.39. The largest absolute Gasteiger partial charge is 0.458 e. The summed E-state index contributed by atoms with van der Waals surface area (Å²) in [6.07, 6.45) is 0.660.